The van der Waals surface area contributed by atoms with Crippen LogP contribution in [0, 0.1) is 0 Å². The lowest BCUT2D eigenvalue weighted by molar-refractivity contribution is -0.167. The van der Waals surface area contributed by atoms with E-state index in [9.17, 15) is 14.4 Å². The summed E-state index contributed by atoms with van der Waals surface area (Å²) in [7, 11) is 0. The van der Waals surface area contributed by atoms with Crippen LogP contribution in [-0.2, 0) is 28.6 Å². The van der Waals surface area contributed by atoms with E-state index < -0.39 is 6.10 Å². The molecule has 0 radical (unpaired) electrons. The number of hydrogen-bond acceptors (Lipinski definition) is 6. The molecule has 0 aromatic carbocycles. The van der Waals surface area contributed by atoms with Crippen LogP contribution >= 0.6 is 0 Å². The van der Waals surface area contributed by atoms with E-state index in [1.807, 2.05) is 0 Å². The summed E-state index contributed by atoms with van der Waals surface area (Å²) in [6.45, 7) is 6.70. The van der Waals surface area contributed by atoms with Crippen LogP contribution < -0.4 is 0 Å². The molecule has 0 spiro atoms. The number of carbonyl (C=O) groups excluding carboxylic acids is 3. The molecule has 0 heterocycles. The zero-order valence-corrected chi connectivity index (χ0v) is 47.1. The van der Waals surface area contributed by atoms with Gasteiger partial charge in [0, 0.05) is 19.3 Å². The third-order valence-electron chi connectivity index (χ3n) is 14.6. The second kappa shape index (κ2) is 59.0. The number of hydrogen-bond donors (Lipinski definition) is 0. The molecule has 0 aromatic rings. The fourth-order valence-electron chi connectivity index (χ4n) is 9.86. The fraction of sp³-hybridized carbons (Fsp3) is 0.952. The molecule has 0 bridgehead atoms. The number of ether oxygens (including phenoxy) is 3. The first-order chi connectivity index (χ1) is 34.0. The average Bonchev–Trinajstić information content (AvgIpc) is 3.35. The van der Waals surface area contributed by atoms with Crippen molar-refractivity contribution in [2.45, 2.75) is 374 Å². The van der Waals surface area contributed by atoms with Crippen LogP contribution in [0.15, 0.2) is 0 Å². The number of carbonyl (C=O) groups is 3. The van der Waals surface area contributed by atoms with Crippen molar-refractivity contribution in [2.75, 3.05) is 13.2 Å². The van der Waals surface area contributed by atoms with E-state index in [0.29, 0.717) is 19.3 Å². The molecule has 410 valence electrons. The van der Waals surface area contributed by atoms with E-state index in [-0.39, 0.29) is 31.1 Å². The highest BCUT2D eigenvalue weighted by Crippen LogP contribution is 2.18. The molecule has 1 atom stereocenters. The standard InChI is InChI=1S/C63H122O6/c1-4-7-10-13-16-19-22-24-25-26-27-28-29-30-31-32-33-34-35-36-37-38-39-42-44-47-50-53-56-62(65)68-59-60(58-67-61(64)55-52-49-46-43-40-21-18-15-12-9-6-3)69-63(66)57-54-51-48-45-41-23-20-17-14-11-8-5-2/h60H,4-59H2,1-3H3. The Morgan fingerprint density at radius 2 is 0.391 bits per heavy atom. The Labute approximate surface area is 431 Å². The van der Waals surface area contributed by atoms with Gasteiger partial charge in [-0.1, -0.05) is 329 Å². The minimum atomic E-state index is -0.760. The van der Waals surface area contributed by atoms with Gasteiger partial charge in [-0.05, 0) is 19.3 Å². The summed E-state index contributed by atoms with van der Waals surface area (Å²) in [6, 6.07) is 0. The summed E-state index contributed by atoms with van der Waals surface area (Å²) in [6.07, 6.45) is 67.0. The summed E-state index contributed by atoms with van der Waals surface area (Å²) in [5.74, 6) is -0.834. The van der Waals surface area contributed by atoms with Gasteiger partial charge in [0.15, 0.2) is 6.10 Å². The van der Waals surface area contributed by atoms with Crippen LogP contribution in [0.4, 0.5) is 0 Å². The maximum atomic E-state index is 12.8. The summed E-state index contributed by atoms with van der Waals surface area (Å²) < 4.78 is 16.9. The highest BCUT2D eigenvalue weighted by Gasteiger charge is 2.19. The monoisotopic (exact) mass is 975 g/mol. The van der Waals surface area contributed by atoms with Crippen LogP contribution in [0.5, 0.6) is 0 Å². The van der Waals surface area contributed by atoms with Crippen LogP contribution in [0.2, 0.25) is 0 Å². The second-order valence-corrected chi connectivity index (χ2v) is 21.7. The van der Waals surface area contributed by atoms with Crippen molar-refractivity contribution in [2.24, 2.45) is 0 Å². The maximum Gasteiger partial charge on any atom is 0.306 e. The van der Waals surface area contributed by atoms with Crippen molar-refractivity contribution < 1.29 is 28.6 Å². The van der Waals surface area contributed by atoms with Gasteiger partial charge in [-0.25, -0.2) is 0 Å². The summed E-state index contributed by atoms with van der Waals surface area (Å²) in [5.41, 5.74) is 0. The Balaban J connectivity index is 4.05. The second-order valence-electron chi connectivity index (χ2n) is 21.7. The fourth-order valence-corrected chi connectivity index (χ4v) is 9.86. The molecule has 0 amide bonds. The Bertz CT molecular complexity index is 1030. The molecule has 0 saturated heterocycles. The van der Waals surface area contributed by atoms with Crippen molar-refractivity contribution in [3.05, 3.63) is 0 Å². The predicted octanol–water partition coefficient (Wildman–Crippen LogP) is 21.1. The van der Waals surface area contributed by atoms with Gasteiger partial charge in [-0.2, -0.15) is 0 Å². The highest BCUT2D eigenvalue weighted by molar-refractivity contribution is 5.71. The topological polar surface area (TPSA) is 78.9 Å². The summed E-state index contributed by atoms with van der Waals surface area (Å²) >= 11 is 0. The molecular weight excluding hydrogens is 853 g/mol. The van der Waals surface area contributed by atoms with Crippen LogP contribution in [0.3, 0.4) is 0 Å². The number of rotatable bonds is 59. The third kappa shape index (κ3) is 57.2. The molecule has 69 heavy (non-hydrogen) atoms. The minimum absolute atomic E-state index is 0.0612. The molecule has 0 aliphatic rings. The number of unbranched alkanes of at least 4 members (excludes halogenated alkanes) is 48. The zero-order chi connectivity index (χ0) is 50.0. The Morgan fingerprint density at radius 1 is 0.232 bits per heavy atom. The van der Waals surface area contributed by atoms with Crippen molar-refractivity contribution in [1.82, 2.24) is 0 Å². The minimum Gasteiger partial charge on any atom is -0.462 e. The smallest absolute Gasteiger partial charge is 0.306 e. The molecule has 0 aromatic heterocycles. The Kier molecular flexibility index (Phi) is 57.6. The number of esters is 3. The van der Waals surface area contributed by atoms with E-state index in [2.05, 4.69) is 20.8 Å². The van der Waals surface area contributed by atoms with Crippen molar-refractivity contribution in [1.29, 1.82) is 0 Å². The zero-order valence-electron chi connectivity index (χ0n) is 47.1. The summed E-state index contributed by atoms with van der Waals surface area (Å²) in [4.78, 5) is 38.1. The first-order valence-corrected chi connectivity index (χ1v) is 31.5. The Hall–Kier alpha value is -1.59. The normalized spacial score (nSPS) is 11.9. The Morgan fingerprint density at radius 3 is 0.580 bits per heavy atom. The van der Waals surface area contributed by atoms with Crippen LogP contribution in [0.1, 0.15) is 367 Å². The quantitative estimate of drug-likeness (QED) is 0.0343. The van der Waals surface area contributed by atoms with E-state index in [1.165, 1.54) is 270 Å². The highest BCUT2D eigenvalue weighted by atomic mass is 16.6. The van der Waals surface area contributed by atoms with Gasteiger partial charge in [0.1, 0.15) is 13.2 Å². The third-order valence-corrected chi connectivity index (χ3v) is 14.6. The van der Waals surface area contributed by atoms with Gasteiger partial charge in [-0.3, -0.25) is 14.4 Å². The average molecular weight is 976 g/mol. The van der Waals surface area contributed by atoms with Crippen molar-refractivity contribution in [3.8, 4) is 0 Å². The van der Waals surface area contributed by atoms with Crippen molar-refractivity contribution in [3.63, 3.8) is 0 Å². The molecular formula is C63H122O6. The molecule has 0 aliphatic carbocycles. The van der Waals surface area contributed by atoms with Crippen LogP contribution in [0.25, 0.3) is 0 Å². The van der Waals surface area contributed by atoms with Crippen molar-refractivity contribution >= 4 is 17.9 Å². The lowest BCUT2D eigenvalue weighted by Gasteiger charge is -2.18. The van der Waals surface area contributed by atoms with Crippen LogP contribution in [-0.4, -0.2) is 37.2 Å². The first kappa shape index (κ1) is 67.4. The molecule has 1 unspecified atom stereocenters. The maximum absolute atomic E-state index is 12.8. The van der Waals surface area contributed by atoms with Gasteiger partial charge >= 0.3 is 17.9 Å². The molecule has 0 fully saturated rings. The molecule has 0 N–H and O–H groups in total. The van der Waals surface area contributed by atoms with Gasteiger partial charge in [0.2, 0.25) is 0 Å². The molecule has 0 saturated carbocycles. The largest absolute Gasteiger partial charge is 0.462 e. The van der Waals surface area contributed by atoms with Gasteiger partial charge in [0.05, 0.1) is 0 Å². The van der Waals surface area contributed by atoms with E-state index in [0.717, 1.165) is 57.8 Å². The molecule has 0 aliphatic heterocycles. The van der Waals surface area contributed by atoms with E-state index in [4.69, 9.17) is 14.2 Å². The SMILES string of the molecule is CCCCCCCCCCCCCCCCCCCCCCCCCCCCCCC(=O)OCC(COC(=O)CCCCCCCCCCCCC)OC(=O)CCCCCCCCCCCCCC. The van der Waals surface area contributed by atoms with E-state index in [1.54, 1.807) is 0 Å². The summed E-state index contributed by atoms with van der Waals surface area (Å²) in [5, 5.41) is 0. The lowest BCUT2D eigenvalue weighted by atomic mass is 10.0. The van der Waals surface area contributed by atoms with E-state index >= 15 is 0 Å². The van der Waals surface area contributed by atoms with Gasteiger partial charge < -0.3 is 14.2 Å². The first-order valence-electron chi connectivity index (χ1n) is 31.5. The van der Waals surface area contributed by atoms with Gasteiger partial charge in [0.25, 0.3) is 0 Å². The molecule has 0 rings (SSSR count). The van der Waals surface area contributed by atoms with Gasteiger partial charge in [-0.15, -0.1) is 0 Å². The lowest BCUT2D eigenvalue weighted by Crippen LogP contribution is -2.30. The molecule has 6 nitrogen and oxygen atoms in total. The predicted molar refractivity (Wildman–Crippen MR) is 298 cm³/mol. The molecule has 6 heteroatoms.